The smallest absolute Gasteiger partial charge is 0.331 e. The van der Waals surface area contributed by atoms with Crippen molar-refractivity contribution in [2.24, 2.45) is 0 Å². The Morgan fingerprint density at radius 3 is 2.24 bits per heavy atom. The Hall–Kier alpha value is -3.61. The molecule has 2 aromatic carbocycles. The SMILES string of the molecule is CCOc1ccc(/C=C/C(=O)OCC(=O)Nc2ccc(C(=O)N(C)C)cc2)cc1. The zero-order valence-corrected chi connectivity index (χ0v) is 16.7. The molecular formula is C22H24N2O5. The summed E-state index contributed by atoms with van der Waals surface area (Å²) in [7, 11) is 3.33. The van der Waals surface area contributed by atoms with Gasteiger partial charge in [-0.25, -0.2) is 4.79 Å². The van der Waals surface area contributed by atoms with Gasteiger partial charge in [-0.2, -0.15) is 0 Å². The van der Waals surface area contributed by atoms with E-state index in [9.17, 15) is 14.4 Å². The van der Waals surface area contributed by atoms with Crippen LogP contribution in [0, 0.1) is 0 Å². The van der Waals surface area contributed by atoms with Gasteiger partial charge < -0.3 is 19.7 Å². The topological polar surface area (TPSA) is 84.9 Å². The van der Waals surface area contributed by atoms with E-state index in [2.05, 4.69) is 5.32 Å². The maximum absolute atomic E-state index is 11.9. The molecule has 29 heavy (non-hydrogen) atoms. The van der Waals surface area contributed by atoms with E-state index < -0.39 is 18.5 Å². The van der Waals surface area contributed by atoms with Crippen LogP contribution in [0.5, 0.6) is 5.75 Å². The molecule has 7 nitrogen and oxygen atoms in total. The Morgan fingerprint density at radius 2 is 1.66 bits per heavy atom. The number of hydrogen-bond acceptors (Lipinski definition) is 5. The highest BCUT2D eigenvalue weighted by Gasteiger charge is 2.09. The summed E-state index contributed by atoms with van der Waals surface area (Å²) in [4.78, 5) is 37.0. The first kappa shape index (κ1) is 21.7. The second-order valence-corrected chi connectivity index (χ2v) is 6.27. The van der Waals surface area contributed by atoms with Crippen LogP contribution in [0.1, 0.15) is 22.8 Å². The van der Waals surface area contributed by atoms with Crippen molar-refractivity contribution in [3.05, 3.63) is 65.7 Å². The Labute approximate surface area is 169 Å². The van der Waals surface area contributed by atoms with Crippen LogP contribution in [0.2, 0.25) is 0 Å². The lowest BCUT2D eigenvalue weighted by atomic mass is 10.2. The number of carbonyl (C=O) groups excluding carboxylic acids is 3. The predicted molar refractivity (Wildman–Crippen MR) is 111 cm³/mol. The second-order valence-electron chi connectivity index (χ2n) is 6.27. The Morgan fingerprint density at radius 1 is 1.00 bits per heavy atom. The van der Waals surface area contributed by atoms with Crippen molar-refractivity contribution in [1.29, 1.82) is 0 Å². The molecule has 0 unspecified atom stereocenters. The lowest BCUT2D eigenvalue weighted by Crippen LogP contribution is -2.22. The number of nitrogens with one attached hydrogen (secondary N) is 1. The van der Waals surface area contributed by atoms with E-state index in [0.29, 0.717) is 17.9 Å². The molecule has 152 valence electrons. The van der Waals surface area contributed by atoms with E-state index in [0.717, 1.165) is 11.3 Å². The van der Waals surface area contributed by atoms with Crippen molar-refractivity contribution in [3.8, 4) is 5.75 Å². The summed E-state index contributed by atoms with van der Waals surface area (Å²) < 4.78 is 10.3. The summed E-state index contributed by atoms with van der Waals surface area (Å²) in [6, 6.07) is 13.7. The minimum absolute atomic E-state index is 0.129. The van der Waals surface area contributed by atoms with Crippen LogP contribution in [0.4, 0.5) is 5.69 Å². The summed E-state index contributed by atoms with van der Waals surface area (Å²) in [6.45, 7) is 2.08. The zero-order chi connectivity index (χ0) is 21.2. The number of rotatable bonds is 8. The molecule has 0 heterocycles. The van der Waals surface area contributed by atoms with Gasteiger partial charge in [-0.15, -0.1) is 0 Å². The van der Waals surface area contributed by atoms with Crippen LogP contribution >= 0.6 is 0 Å². The van der Waals surface area contributed by atoms with Gasteiger partial charge in [-0.3, -0.25) is 9.59 Å². The van der Waals surface area contributed by atoms with Gasteiger partial charge in [0.2, 0.25) is 0 Å². The molecule has 0 aliphatic carbocycles. The van der Waals surface area contributed by atoms with Gasteiger partial charge in [-0.1, -0.05) is 12.1 Å². The highest BCUT2D eigenvalue weighted by Crippen LogP contribution is 2.13. The number of esters is 1. The number of carbonyl (C=O) groups is 3. The molecule has 0 saturated heterocycles. The van der Waals surface area contributed by atoms with Gasteiger partial charge in [0.15, 0.2) is 6.61 Å². The largest absolute Gasteiger partial charge is 0.494 e. The average Bonchev–Trinajstić information content (AvgIpc) is 2.72. The maximum Gasteiger partial charge on any atom is 0.331 e. The number of benzene rings is 2. The number of ether oxygens (including phenoxy) is 2. The van der Waals surface area contributed by atoms with Crippen LogP contribution in [0.25, 0.3) is 6.08 Å². The predicted octanol–water partition coefficient (Wildman–Crippen LogP) is 2.98. The second kappa shape index (κ2) is 10.7. The average molecular weight is 396 g/mol. The van der Waals surface area contributed by atoms with Crippen LogP contribution in [-0.4, -0.2) is 50.0 Å². The molecule has 0 aromatic heterocycles. The van der Waals surface area contributed by atoms with Gasteiger partial charge in [0.05, 0.1) is 6.61 Å². The van der Waals surface area contributed by atoms with Crippen molar-refractivity contribution in [2.75, 3.05) is 32.6 Å². The monoisotopic (exact) mass is 396 g/mol. The summed E-state index contributed by atoms with van der Waals surface area (Å²) in [5, 5.41) is 2.61. The van der Waals surface area contributed by atoms with E-state index in [1.807, 2.05) is 19.1 Å². The van der Waals surface area contributed by atoms with Crippen LogP contribution < -0.4 is 10.1 Å². The number of nitrogens with zero attached hydrogens (tertiary/aromatic N) is 1. The fourth-order valence-electron chi connectivity index (χ4n) is 2.34. The fraction of sp³-hybridized carbons (Fsp3) is 0.227. The summed E-state index contributed by atoms with van der Waals surface area (Å²) in [5.74, 6) is -0.473. The molecular weight excluding hydrogens is 372 g/mol. The molecule has 0 fully saturated rings. The molecule has 0 radical (unpaired) electrons. The molecule has 2 amide bonds. The number of hydrogen-bond donors (Lipinski definition) is 1. The fourth-order valence-corrected chi connectivity index (χ4v) is 2.34. The molecule has 0 spiro atoms. The molecule has 0 saturated carbocycles. The summed E-state index contributed by atoms with van der Waals surface area (Å²) in [5.41, 5.74) is 1.83. The van der Waals surface area contributed by atoms with Gasteiger partial charge in [0.1, 0.15) is 5.75 Å². The normalized spacial score (nSPS) is 10.4. The highest BCUT2D eigenvalue weighted by molar-refractivity contribution is 5.96. The van der Waals surface area contributed by atoms with E-state index in [1.165, 1.54) is 11.0 Å². The first-order valence-corrected chi connectivity index (χ1v) is 9.08. The maximum atomic E-state index is 11.9. The molecule has 0 atom stereocenters. The highest BCUT2D eigenvalue weighted by atomic mass is 16.5. The third-order valence-electron chi connectivity index (χ3n) is 3.77. The quantitative estimate of drug-likeness (QED) is 0.548. The lowest BCUT2D eigenvalue weighted by molar-refractivity contribution is -0.142. The van der Waals surface area contributed by atoms with Crippen molar-refractivity contribution < 1.29 is 23.9 Å². The van der Waals surface area contributed by atoms with Gasteiger partial charge in [-0.05, 0) is 55.0 Å². The molecule has 7 heteroatoms. The van der Waals surface area contributed by atoms with Crippen LogP contribution in [-0.2, 0) is 14.3 Å². The molecule has 0 bridgehead atoms. The van der Waals surface area contributed by atoms with Gasteiger partial charge in [0, 0.05) is 31.4 Å². The number of amides is 2. The molecule has 1 N–H and O–H groups in total. The summed E-state index contributed by atoms with van der Waals surface area (Å²) >= 11 is 0. The minimum Gasteiger partial charge on any atom is -0.494 e. The molecule has 0 aliphatic rings. The molecule has 2 rings (SSSR count). The number of anilines is 1. The minimum atomic E-state index is -0.624. The van der Waals surface area contributed by atoms with Crippen molar-refractivity contribution in [2.45, 2.75) is 6.92 Å². The first-order valence-electron chi connectivity index (χ1n) is 9.08. The third-order valence-corrected chi connectivity index (χ3v) is 3.77. The Kier molecular flexibility index (Phi) is 7.97. The van der Waals surface area contributed by atoms with Crippen LogP contribution in [0.15, 0.2) is 54.6 Å². The van der Waals surface area contributed by atoms with Gasteiger partial charge in [0.25, 0.3) is 11.8 Å². The lowest BCUT2D eigenvalue weighted by Gasteiger charge is -2.11. The van der Waals surface area contributed by atoms with Crippen molar-refractivity contribution >= 4 is 29.5 Å². The van der Waals surface area contributed by atoms with E-state index in [1.54, 1.807) is 56.6 Å². The van der Waals surface area contributed by atoms with E-state index >= 15 is 0 Å². The third kappa shape index (κ3) is 7.14. The first-order chi connectivity index (χ1) is 13.9. The van der Waals surface area contributed by atoms with E-state index in [4.69, 9.17) is 9.47 Å². The molecule has 2 aromatic rings. The standard InChI is InChI=1S/C22H24N2O5/c1-4-28-19-12-5-16(6-13-19)7-14-21(26)29-15-20(25)23-18-10-8-17(9-11-18)22(27)24(2)3/h5-14H,4,15H2,1-3H3,(H,23,25)/b14-7+. The van der Waals surface area contributed by atoms with Crippen molar-refractivity contribution in [3.63, 3.8) is 0 Å². The molecule has 0 aliphatic heterocycles. The van der Waals surface area contributed by atoms with Crippen LogP contribution in [0.3, 0.4) is 0 Å². The van der Waals surface area contributed by atoms with E-state index in [-0.39, 0.29) is 5.91 Å². The van der Waals surface area contributed by atoms with Crippen molar-refractivity contribution in [1.82, 2.24) is 4.90 Å². The van der Waals surface area contributed by atoms with Gasteiger partial charge >= 0.3 is 5.97 Å². The zero-order valence-electron chi connectivity index (χ0n) is 16.7. The summed E-state index contributed by atoms with van der Waals surface area (Å²) in [6.07, 6.45) is 2.85. The Bertz CT molecular complexity index is 871. The Balaban J connectivity index is 1.79.